The van der Waals surface area contributed by atoms with Crippen molar-refractivity contribution >= 4 is 6.09 Å². The first-order valence-corrected chi connectivity index (χ1v) is 8.03. The van der Waals surface area contributed by atoms with Crippen LogP contribution in [0.2, 0.25) is 0 Å². The summed E-state index contributed by atoms with van der Waals surface area (Å²) in [5.41, 5.74) is 1.23. The largest absolute Gasteiger partial charge is 0.443 e. The lowest BCUT2D eigenvalue weighted by Crippen LogP contribution is -2.40. The molecule has 4 nitrogen and oxygen atoms in total. The molecule has 1 amide bonds. The Morgan fingerprint density at radius 1 is 1.14 bits per heavy atom. The zero-order valence-electron chi connectivity index (χ0n) is 12.4. The lowest BCUT2D eigenvalue weighted by molar-refractivity contribution is 0.129. The second kappa shape index (κ2) is 6.94. The zero-order chi connectivity index (χ0) is 14.5. The molecule has 2 fully saturated rings. The monoisotopic (exact) mass is 288 g/mol. The summed E-state index contributed by atoms with van der Waals surface area (Å²) < 4.78 is 5.40. The lowest BCUT2D eigenvalue weighted by atomic mass is 10.0. The molecule has 1 saturated heterocycles. The van der Waals surface area contributed by atoms with Crippen LogP contribution in [0.1, 0.15) is 31.2 Å². The van der Waals surface area contributed by atoms with Crippen LogP contribution in [-0.2, 0) is 11.2 Å². The molecule has 0 spiro atoms. The predicted octanol–water partition coefficient (Wildman–Crippen LogP) is 2.49. The number of carbonyl (C=O) groups is 1. The van der Waals surface area contributed by atoms with Gasteiger partial charge in [-0.3, -0.25) is 0 Å². The van der Waals surface area contributed by atoms with Crippen molar-refractivity contribution in [3.8, 4) is 0 Å². The first kappa shape index (κ1) is 14.4. The normalized spacial score (nSPS) is 25.8. The Morgan fingerprint density at radius 3 is 2.67 bits per heavy atom. The fraction of sp³-hybridized carbons (Fsp3) is 0.588. The summed E-state index contributed by atoms with van der Waals surface area (Å²) in [6.07, 6.45) is 5.86. The van der Waals surface area contributed by atoms with Gasteiger partial charge in [-0.25, -0.2) is 4.79 Å². The van der Waals surface area contributed by atoms with E-state index in [4.69, 9.17) is 4.74 Å². The lowest BCUT2D eigenvalue weighted by Gasteiger charge is -2.19. The Kier molecular flexibility index (Phi) is 4.76. The van der Waals surface area contributed by atoms with Gasteiger partial charge < -0.3 is 15.4 Å². The van der Waals surface area contributed by atoms with Gasteiger partial charge in [0.1, 0.15) is 6.10 Å². The van der Waals surface area contributed by atoms with Crippen molar-refractivity contribution in [3.05, 3.63) is 35.9 Å². The van der Waals surface area contributed by atoms with Crippen molar-refractivity contribution in [3.63, 3.8) is 0 Å². The van der Waals surface area contributed by atoms with E-state index in [0.717, 1.165) is 25.4 Å². The highest BCUT2D eigenvalue weighted by Gasteiger charge is 2.33. The average molecular weight is 288 g/mol. The number of hydrogen-bond acceptors (Lipinski definition) is 3. The van der Waals surface area contributed by atoms with Crippen molar-refractivity contribution in [2.24, 2.45) is 5.92 Å². The Labute approximate surface area is 126 Å². The Hall–Kier alpha value is -1.55. The maximum atomic E-state index is 11.5. The van der Waals surface area contributed by atoms with Gasteiger partial charge in [0.2, 0.25) is 0 Å². The van der Waals surface area contributed by atoms with Crippen LogP contribution in [-0.4, -0.2) is 31.3 Å². The molecule has 0 aromatic heterocycles. The van der Waals surface area contributed by atoms with Crippen LogP contribution >= 0.6 is 0 Å². The third-order valence-electron chi connectivity index (χ3n) is 4.56. The second-order valence-electron chi connectivity index (χ2n) is 6.19. The summed E-state index contributed by atoms with van der Waals surface area (Å²) in [4.78, 5) is 11.5. The van der Waals surface area contributed by atoms with Crippen molar-refractivity contribution in [2.75, 3.05) is 13.1 Å². The van der Waals surface area contributed by atoms with Crippen molar-refractivity contribution in [2.45, 2.75) is 44.2 Å². The topological polar surface area (TPSA) is 50.4 Å². The van der Waals surface area contributed by atoms with E-state index >= 15 is 0 Å². The van der Waals surface area contributed by atoms with Crippen LogP contribution in [0.15, 0.2) is 30.3 Å². The SMILES string of the molecule is O=C1N[C@@H](Cc2ccccc2)[C@@H](CNCC2CCCC2)O1. The fourth-order valence-corrected chi connectivity index (χ4v) is 3.38. The molecule has 1 aromatic carbocycles. The Morgan fingerprint density at radius 2 is 1.90 bits per heavy atom. The van der Waals surface area contributed by atoms with Crippen LogP contribution in [0.4, 0.5) is 4.79 Å². The molecule has 0 bridgehead atoms. The predicted molar refractivity (Wildman–Crippen MR) is 82.2 cm³/mol. The van der Waals surface area contributed by atoms with Crippen LogP contribution in [0, 0.1) is 5.92 Å². The molecule has 0 radical (unpaired) electrons. The summed E-state index contributed by atoms with van der Waals surface area (Å²) in [7, 11) is 0. The van der Waals surface area contributed by atoms with Gasteiger partial charge in [-0.2, -0.15) is 0 Å². The molecule has 21 heavy (non-hydrogen) atoms. The standard InChI is InChI=1S/C17H24N2O2/c20-17-19-15(10-13-6-2-1-3-7-13)16(21-17)12-18-11-14-8-4-5-9-14/h1-3,6-7,14-16,18H,4-5,8-12H2,(H,19,20)/t15-,16+/m0/s1. The van der Waals surface area contributed by atoms with Gasteiger partial charge in [0.05, 0.1) is 6.04 Å². The van der Waals surface area contributed by atoms with E-state index in [1.807, 2.05) is 18.2 Å². The number of amides is 1. The highest BCUT2D eigenvalue weighted by atomic mass is 16.6. The maximum Gasteiger partial charge on any atom is 0.407 e. The molecule has 1 aliphatic heterocycles. The zero-order valence-corrected chi connectivity index (χ0v) is 12.4. The van der Waals surface area contributed by atoms with Gasteiger partial charge in [0.15, 0.2) is 0 Å². The molecule has 114 valence electrons. The van der Waals surface area contributed by atoms with Crippen LogP contribution in [0.25, 0.3) is 0 Å². The first-order valence-electron chi connectivity index (χ1n) is 8.03. The number of nitrogens with one attached hydrogen (secondary N) is 2. The van der Waals surface area contributed by atoms with Crippen molar-refractivity contribution in [1.29, 1.82) is 0 Å². The van der Waals surface area contributed by atoms with Crippen molar-refractivity contribution in [1.82, 2.24) is 10.6 Å². The van der Waals surface area contributed by atoms with Crippen LogP contribution in [0.5, 0.6) is 0 Å². The molecular formula is C17H24N2O2. The molecule has 0 unspecified atom stereocenters. The van der Waals surface area contributed by atoms with E-state index in [1.54, 1.807) is 0 Å². The van der Waals surface area contributed by atoms with Gasteiger partial charge in [0, 0.05) is 6.54 Å². The van der Waals surface area contributed by atoms with E-state index in [2.05, 4.69) is 22.8 Å². The second-order valence-corrected chi connectivity index (χ2v) is 6.19. The quantitative estimate of drug-likeness (QED) is 0.845. The third-order valence-corrected chi connectivity index (χ3v) is 4.56. The van der Waals surface area contributed by atoms with Gasteiger partial charge in [-0.05, 0) is 37.3 Å². The number of hydrogen-bond donors (Lipinski definition) is 2. The minimum atomic E-state index is -0.288. The van der Waals surface area contributed by atoms with E-state index in [9.17, 15) is 4.79 Å². The van der Waals surface area contributed by atoms with Gasteiger partial charge in [-0.15, -0.1) is 0 Å². The number of alkyl carbamates (subject to hydrolysis) is 1. The number of benzene rings is 1. The third kappa shape index (κ3) is 3.97. The Bertz CT molecular complexity index is 457. The number of carbonyl (C=O) groups excluding carboxylic acids is 1. The van der Waals surface area contributed by atoms with Gasteiger partial charge >= 0.3 is 6.09 Å². The molecule has 3 rings (SSSR count). The molecule has 2 atom stereocenters. The fourth-order valence-electron chi connectivity index (χ4n) is 3.38. The van der Waals surface area contributed by atoms with E-state index in [-0.39, 0.29) is 18.2 Å². The molecule has 1 heterocycles. The van der Waals surface area contributed by atoms with E-state index in [0.29, 0.717) is 0 Å². The summed E-state index contributed by atoms with van der Waals surface area (Å²) in [6.45, 7) is 1.79. The summed E-state index contributed by atoms with van der Waals surface area (Å²) in [5, 5.41) is 6.42. The van der Waals surface area contributed by atoms with Gasteiger partial charge in [-0.1, -0.05) is 43.2 Å². The van der Waals surface area contributed by atoms with E-state index < -0.39 is 0 Å². The minimum absolute atomic E-state index is 0.0657. The first-order chi connectivity index (χ1) is 10.3. The number of cyclic esters (lactones) is 1. The molecular weight excluding hydrogens is 264 g/mol. The molecule has 2 N–H and O–H groups in total. The van der Waals surface area contributed by atoms with Crippen LogP contribution in [0.3, 0.4) is 0 Å². The van der Waals surface area contributed by atoms with Crippen LogP contribution < -0.4 is 10.6 Å². The van der Waals surface area contributed by atoms with Gasteiger partial charge in [0.25, 0.3) is 0 Å². The molecule has 4 heteroatoms. The Balaban J connectivity index is 1.49. The number of rotatable bonds is 6. The molecule has 2 aliphatic rings. The maximum absolute atomic E-state index is 11.5. The smallest absolute Gasteiger partial charge is 0.407 e. The average Bonchev–Trinajstić information content (AvgIpc) is 3.11. The molecule has 1 aliphatic carbocycles. The number of ether oxygens (including phenoxy) is 1. The van der Waals surface area contributed by atoms with Crippen molar-refractivity contribution < 1.29 is 9.53 Å². The minimum Gasteiger partial charge on any atom is -0.443 e. The van der Waals surface area contributed by atoms with E-state index in [1.165, 1.54) is 31.2 Å². The summed E-state index contributed by atoms with van der Waals surface area (Å²) >= 11 is 0. The summed E-state index contributed by atoms with van der Waals surface area (Å²) in [6, 6.07) is 10.3. The highest BCUT2D eigenvalue weighted by Crippen LogP contribution is 2.23. The molecule has 1 saturated carbocycles. The highest BCUT2D eigenvalue weighted by molar-refractivity contribution is 5.70. The molecule has 1 aromatic rings. The summed E-state index contributed by atoms with van der Waals surface area (Å²) in [5.74, 6) is 0.808.